The number of sulfonamides is 1. The summed E-state index contributed by atoms with van der Waals surface area (Å²) < 4.78 is 30.2. The van der Waals surface area contributed by atoms with Crippen molar-refractivity contribution in [2.75, 3.05) is 25.4 Å². The zero-order valence-corrected chi connectivity index (χ0v) is 10.2. The smallest absolute Gasteiger partial charge is 0.322 e. The van der Waals surface area contributed by atoms with E-state index in [9.17, 15) is 13.2 Å². The van der Waals surface area contributed by atoms with Gasteiger partial charge in [0, 0.05) is 12.6 Å². The molecule has 1 heterocycles. The van der Waals surface area contributed by atoms with E-state index in [1.54, 1.807) is 6.92 Å². The van der Waals surface area contributed by atoms with Crippen molar-refractivity contribution in [3.63, 3.8) is 0 Å². The minimum absolute atomic E-state index is 0.117. The summed E-state index contributed by atoms with van der Waals surface area (Å²) in [6.07, 6.45) is 1.74. The number of esters is 1. The molecule has 94 valence electrons. The Morgan fingerprint density at radius 2 is 2.31 bits per heavy atom. The van der Waals surface area contributed by atoms with Crippen LogP contribution in [0, 0.1) is 0 Å². The van der Waals surface area contributed by atoms with E-state index in [-0.39, 0.29) is 12.6 Å². The molecule has 0 aliphatic carbocycles. The van der Waals surface area contributed by atoms with Crippen molar-refractivity contribution in [1.29, 1.82) is 0 Å². The molecule has 0 aromatic rings. The van der Waals surface area contributed by atoms with Gasteiger partial charge in [-0.1, -0.05) is 0 Å². The van der Waals surface area contributed by atoms with E-state index in [1.165, 1.54) is 0 Å². The van der Waals surface area contributed by atoms with Crippen LogP contribution in [0.4, 0.5) is 0 Å². The first-order valence-electron chi connectivity index (χ1n) is 5.40. The highest BCUT2D eigenvalue weighted by molar-refractivity contribution is 7.90. The van der Waals surface area contributed by atoms with E-state index in [2.05, 4.69) is 14.8 Å². The second kappa shape index (κ2) is 6.17. The van der Waals surface area contributed by atoms with Gasteiger partial charge < -0.3 is 10.1 Å². The molecule has 0 bridgehead atoms. The standard InChI is InChI=1S/C9H18N2O4S/c1-2-15-9(12)7-16(13,14)11-8-4-3-5-10-6-8/h8,10-11H,2-7H2,1H3/t8-/m1/s1. The second-order valence-corrected chi connectivity index (χ2v) is 5.48. The minimum atomic E-state index is -3.57. The average molecular weight is 250 g/mol. The molecular weight excluding hydrogens is 232 g/mol. The quantitative estimate of drug-likeness (QED) is 0.625. The maximum atomic E-state index is 11.5. The van der Waals surface area contributed by atoms with Gasteiger partial charge in [0.1, 0.15) is 0 Å². The Balaban J connectivity index is 2.41. The third kappa shape index (κ3) is 4.91. The van der Waals surface area contributed by atoms with E-state index < -0.39 is 21.7 Å². The topological polar surface area (TPSA) is 84.5 Å². The van der Waals surface area contributed by atoms with Crippen LogP contribution < -0.4 is 10.0 Å². The lowest BCUT2D eigenvalue weighted by atomic mass is 10.1. The van der Waals surface area contributed by atoms with Gasteiger partial charge in [0.2, 0.25) is 10.0 Å². The monoisotopic (exact) mass is 250 g/mol. The molecule has 0 unspecified atom stereocenters. The van der Waals surface area contributed by atoms with Crippen LogP contribution in [0.1, 0.15) is 19.8 Å². The van der Waals surface area contributed by atoms with Gasteiger partial charge >= 0.3 is 5.97 Å². The maximum Gasteiger partial charge on any atom is 0.322 e. The Bertz CT molecular complexity index is 322. The van der Waals surface area contributed by atoms with E-state index in [0.29, 0.717) is 6.54 Å². The Morgan fingerprint density at radius 1 is 1.56 bits per heavy atom. The van der Waals surface area contributed by atoms with Gasteiger partial charge in [-0.3, -0.25) is 4.79 Å². The molecule has 16 heavy (non-hydrogen) atoms. The highest BCUT2D eigenvalue weighted by Gasteiger charge is 2.22. The SMILES string of the molecule is CCOC(=O)CS(=O)(=O)N[C@@H]1CCCNC1. The number of hydrogen-bond acceptors (Lipinski definition) is 5. The number of ether oxygens (including phenoxy) is 1. The number of nitrogens with one attached hydrogen (secondary N) is 2. The molecule has 2 N–H and O–H groups in total. The van der Waals surface area contributed by atoms with Gasteiger partial charge in [-0.15, -0.1) is 0 Å². The van der Waals surface area contributed by atoms with Crippen molar-refractivity contribution < 1.29 is 17.9 Å². The fourth-order valence-corrected chi connectivity index (χ4v) is 2.79. The highest BCUT2D eigenvalue weighted by atomic mass is 32.2. The molecule has 7 heteroatoms. The molecule has 1 aliphatic rings. The lowest BCUT2D eigenvalue weighted by Gasteiger charge is -2.23. The molecule has 0 radical (unpaired) electrons. The summed E-state index contributed by atoms with van der Waals surface area (Å²) in [6.45, 7) is 3.36. The van der Waals surface area contributed by atoms with Crippen molar-refractivity contribution >= 4 is 16.0 Å². The summed E-state index contributed by atoms with van der Waals surface area (Å²) in [7, 11) is -3.57. The van der Waals surface area contributed by atoms with E-state index in [4.69, 9.17) is 0 Å². The zero-order valence-electron chi connectivity index (χ0n) is 9.36. The Morgan fingerprint density at radius 3 is 2.88 bits per heavy atom. The van der Waals surface area contributed by atoms with Crippen molar-refractivity contribution in [1.82, 2.24) is 10.0 Å². The van der Waals surface area contributed by atoms with Crippen LogP contribution in [0.5, 0.6) is 0 Å². The summed E-state index contributed by atoms with van der Waals surface area (Å²) in [5, 5.41) is 3.09. The van der Waals surface area contributed by atoms with Crippen LogP contribution in [-0.2, 0) is 19.6 Å². The summed E-state index contributed by atoms with van der Waals surface area (Å²) in [4.78, 5) is 11.0. The van der Waals surface area contributed by atoms with Crippen molar-refractivity contribution in [2.45, 2.75) is 25.8 Å². The van der Waals surface area contributed by atoms with Gasteiger partial charge in [-0.05, 0) is 26.3 Å². The largest absolute Gasteiger partial charge is 0.465 e. The lowest BCUT2D eigenvalue weighted by molar-refractivity contribution is -0.139. The van der Waals surface area contributed by atoms with Crippen molar-refractivity contribution in [3.8, 4) is 0 Å². The van der Waals surface area contributed by atoms with Crippen molar-refractivity contribution in [3.05, 3.63) is 0 Å². The summed E-state index contributed by atoms with van der Waals surface area (Å²) in [5.74, 6) is -1.31. The normalized spacial score (nSPS) is 21.7. The Hall–Kier alpha value is -0.660. The molecule has 1 rings (SSSR count). The van der Waals surface area contributed by atoms with E-state index >= 15 is 0 Å². The van der Waals surface area contributed by atoms with Crippen molar-refractivity contribution in [2.24, 2.45) is 0 Å². The molecular formula is C9H18N2O4S. The predicted molar refractivity (Wildman–Crippen MR) is 59.4 cm³/mol. The number of hydrogen-bond donors (Lipinski definition) is 2. The third-order valence-corrected chi connectivity index (χ3v) is 3.56. The number of carbonyl (C=O) groups is 1. The van der Waals surface area contributed by atoms with Crippen LogP contribution in [0.3, 0.4) is 0 Å². The van der Waals surface area contributed by atoms with Gasteiger partial charge in [0.15, 0.2) is 5.75 Å². The molecule has 0 amide bonds. The Kier molecular flexibility index (Phi) is 5.17. The molecule has 0 spiro atoms. The van der Waals surface area contributed by atoms with Crippen LogP contribution in [-0.4, -0.2) is 45.9 Å². The number of carbonyl (C=O) groups excluding carboxylic acids is 1. The molecule has 1 saturated heterocycles. The number of rotatable bonds is 5. The average Bonchev–Trinajstić information content (AvgIpc) is 2.17. The zero-order chi connectivity index (χ0) is 12.0. The van der Waals surface area contributed by atoms with Gasteiger partial charge in [0.25, 0.3) is 0 Å². The van der Waals surface area contributed by atoms with Crippen LogP contribution >= 0.6 is 0 Å². The maximum absolute atomic E-state index is 11.5. The first kappa shape index (κ1) is 13.4. The van der Waals surface area contributed by atoms with Gasteiger partial charge in [0.05, 0.1) is 6.61 Å². The van der Waals surface area contributed by atoms with Crippen LogP contribution in [0.15, 0.2) is 0 Å². The fourth-order valence-electron chi connectivity index (χ4n) is 1.61. The van der Waals surface area contributed by atoms with Crippen LogP contribution in [0.2, 0.25) is 0 Å². The third-order valence-electron chi connectivity index (χ3n) is 2.26. The molecule has 0 saturated carbocycles. The first-order chi connectivity index (χ1) is 7.53. The lowest BCUT2D eigenvalue weighted by Crippen LogP contribution is -2.47. The molecule has 0 aromatic heterocycles. The summed E-state index contributed by atoms with van der Waals surface area (Å²) in [5.41, 5.74) is 0. The fraction of sp³-hybridized carbons (Fsp3) is 0.889. The minimum Gasteiger partial charge on any atom is -0.465 e. The molecule has 1 atom stereocenters. The second-order valence-electron chi connectivity index (χ2n) is 3.73. The summed E-state index contributed by atoms with van der Waals surface area (Å²) >= 11 is 0. The van der Waals surface area contributed by atoms with E-state index in [1.807, 2.05) is 0 Å². The molecule has 1 fully saturated rings. The highest BCUT2D eigenvalue weighted by Crippen LogP contribution is 2.03. The molecule has 1 aliphatic heterocycles. The molecule has 6 nitrogen and oxygen atoms in total. The number of piperidine rings is 1. The van der Waals surface area contributed by atoms with Crippen LogP contribution in [0.25, 0.3) is 0 Å². The predicted octanol–water partition coefficient (Wildman–Crippen LogP) is -0.779. The summed E-state index contributed by atoms with van der Waals surface area (Å²) in [6, 6.07) is -0.117. The molecule has 0 aromatic carbocycles. The first-order valence-corrected chi connectivity index (χ1v) is 7.05. The Labute approximate surface area is 95.8 Å². The van der Waals surface area contributed by atoms with Gasteiger partial charge in [-0.2, -0.15) is 0 Å². The van der Waals surface area contributed by atoms with Gasteiger partial charge in [-0.25, -0.2) is 13.1 Å². The van der Waals surface area contributed by atoms with E-state index in [0.717, 1.165) is 19.4 Å².